The fraction of sp³-hybridized carbons (Fsp3) is 0.500. The van der Waals surface area contributed by atoms with Crippen molar-refractivity contribution in [2.75, 3.05) is 0 Å². The van der Waals surface area contributed by atoms with E-state index in [0.29, 0.717) is 0 Å². The molecule has 0 radical (unpaired) electrons. The molecule has 0 aliphatic carbocycles. The van der Waals surface area contributed by atoms with Gasteiger partial charge < -0.3 is 10.1 Å². The topological polar surface area (TPSA) is 85.9 Å². The lowest BCUT2D eigenvalue weighted by molar-refractivity contribution is 0.125. The summed E-state index contributed by atoms with van der Waals surface area (Å²) < 4.78 is 0. The number of aliphatic hydroxyl groups excluding tert-OH is 1. The number of H-pyrrole nitrogens is 2. The number of aromatic nitrogens is 2. The molecule has 0 aliphatic heterocycles. The second-order valence-corrected chi connectivity index (χ2v) is 3.22. The van der Waals surface area contributed by atoms with Crippen LogP contribution in [0.1, 0.15) is 25.5 Å². The molecule has 3 N–H and O–H groups in total. The highest BCUT2D eigenvalue weighted by molar-refractivity contribution is 5.07. The van der Waals surface area contributed by atoms with E-state index in [1.54, 1.807) is 13.8 Å². The van der Waals surface area contributed by atoms with Gasteiger partial charge in [-0.15, -0.1) is 0 Å². The summed E-state index contributed by atoms with van der Waals surface area (Å²) in [5.74, 6) is -0.0630. The maximum Gasteiger partial charge on any atom is 0.325 e. The van der Waals surface area contributed by atoms with Gasteiger partial charge in [-0.25, -0.2) is 4.79 Å². The van der Waals surface area contributed by atoms with Crippen molar-refractivity contribution in [2.24, 2.45) is 5.92 Å². The third-order valence-corrected chi connectivity index (χ3v) is 1.80. The largest absolute Gasteiger partial charge is 0.388 e. The van der Waals surface area contributed by atoms with Gasteiger partial charge in [0.1, 0.15) is 0 Å². The minimum atomic E-state index is -0.847. The highest BCUT2D eigenvalue weighted by Gasteiger charge is 2.15. The van der Waals surface area contributed by atoms with E-state index in [9.17, 15) is 14.7 Å². The van der Waals surface area contributed by atoms with Crippen LogP contribution in [-0.2, 0) is 0 Å². The van der Waals surface area contributed by atoms with Crippen LogP contribution in [0, 0.1) is 5.92 Å². The first-order valence-corrected chi connectivity index (χ1v) is 4.02. The quantitative estimate of drug-likeness (QED) is 0.592. The first-order valence-electron chi connectivity index (χ1n) is 4.02. The minimum Gasteiger partial charge on any atom is -0.388 e. The molecular formula is C8H12N2O3. The van der Waals surface area contributed by atoms with Gasteiger partial charge in [-0.05, 0) is 5.92 Å². The summed E-state index contributed by atoms with van der Waals surface area (Å²) >= 11 is 0. The number of rotatable bonds is 2. The summed E-state index contributed by atoms with van der Waals surface area (Å²) in [4.78, 5) is 26.1. The molecule has 1 atom stereocenters. The highest BCUT2D eigenvalue weighted by atomic mass is 16.3. The van der Waals surface area contributed by atoms with Crippen LogP contribution in [0.15, 0.2) is 15.8 Å². The van der Waals surface area contributed by atoms with E-state index < -0.39 is 17.4 Å². The molecule has 0 fully saturated rings. The number of hydrogen-bond donors (Lipinski definition) is 3. The van der Waals surface area contributed by atoms with Crippen molar-refractivity contribution in [1.29, 1.82) is 0 Å². The van der Waals surface area contributed by atoms with E-state index in [-0.39, 0.29) is 11.5 Å². The summed E-state index contributed by atoms with van der Waals surface area (Å²) in [6, 6.07) is 0. The van der Waals surface area contributed by atoms with Gasteiger partial charge in [0.05, 0.1) is 11.7 Å². The van der Waals surface area contributed by atoms with Gasteiger partial charge in [-0.2, -0.15) is 0 Å². The van der Waals surface area contributed by atoms with Crippen molar-refractivity contribution < 1.29 is 5.11 Å². The van der Waals surface area contributed by atoms with Gasteiger partial charge >= 0.3 is 5.69 Å². The molecule has 1 aromatic rings. The third-order valence-electron chi connectivity index (χ3n) is 1.80. The Labute approximate surface area is 74.4 Å². The van der Waals surface area contributed by atoms with E-state index in [1.165, 1.54) is 6.20 Å². The molecule has 1 heterocycles. The van der Waals surface area contributed by atoms with E-state index in [1.807, 2.05) is 4.98 Å². The maximum absolute atomic E-state index is 11.2. The molecule has 13 heavy (non-hydrogen) atoms. The molecule has 5 heteroatoms. The van der Waals surface area contributed by atoms with Gasteiger partial charge in [0, 0.05) is 6.20 Å². The van der Waals surface area contributed by atoms with Crippen molar-refractivity contribution in [2.45, 2.75) is 20.0 Å². The number of hydrogen-bond acceptors (Lipinski definition) is 3. The lowest BCUT2D eigenvalue weighted by Crippen LogP contribution is -2.27. The van der Waals surface area contributed by atoms with E-state index in [4.69, 9.17) is 0 Å². The molecule has 1 unspecified atom stereocenters. The zero-order chi connectivity index (χ0) is 10.0. The van der Waals surface area contributed by atoms with Crippen LogP contribution in [0.25, 0.3) is 0 Å². The monoisotopic (exact) mass is 184 g/mol. The van der Waals surface area contributed by atoms with Crippen molar-refractivity contribution in [3.63, 3.8) is 0 Å². The first kappa shape index (κ1) is 9.73. The molecule has 72 valence electrons. The Kier molecular flexibility index (Phi) is 2.67. The second-order valence-electron chi connectivity index (χ2n) is 3.22. The van der Waals surface area contributed by atoms with Crippen LogP contribution in [0.3, 0.4) is 0 Å². The van der Waals surface area contributed by atoms with Crippen molar-refractivity contribution in [3.8, 4) is 0 Å². The van der Waals surface area contributed by atoms with Crippen LogP contribution in [0.2, 0.25) is 0 Å². The summed E-state index contributed by atoms with van der Waals surface area (Å²) in [7, 11) is 0. The first-order chi connectivity index (χ1) is 6.02. The van der Waals surface area contributed by atoms with Crippen LogP contribution in [0.5, 0.6) is 0 Å². The predicted octanol–water partition coefficient (Wildman–Crippen LogP) is -0.247. The Morgan fingerprint density at radius 1 is 1.38 bits per heavy atom. The molecule has 1 aromatic heterocycles. The Balaban J connectivity index is 3.17. The zero-order valence-corrected chi connectivity index (χ0v) is 7.50. The lowest BCUT2D eigenvalue weighted by Gasteiger charge is -2.12. The number of aromatic amines is 2. The molecule has 0 saturated carbocycles. The molecule has 0 aliphatic rings. The van der Waals surface area contributed by atoms with Crippen LogP contribution >= 0.6 is 0 Å². The molecule has 0 spiro atoms. The molecule has 0 bridgehead atoms. The van der Waals surface area contributed by atoms with E-state index in [2.05, 4.69) is 4.98 Å². The molecule has 1 rings (SSSR count). The number of aliphatic hydroxyl groups is 1. The van der Waals surface area contributed by atoms with E-state index in [0.717, 1.165) is 0 Å². The Morgan fingerprint density at radius 3 is 2.46 bits per heavy atom. The van der Waals surface area contributed by atoms with E-state index >= 15 is 0 Å². The summed E-state index contributed by atoms with van der Waals surface area (Å²) in [6.45, 7) is 3.57. The second kappa shape index (κ2) is 3.57. The summed E-state index contributed by atoms with van der Waals surface area (Å²) in [6.07, 6.45) is 0.395. The zero-order valence-electron chi connectivity index (χ0n) is 7.50. The smallest absolute Gasteiger partial charge is 0.325 e. The minimum absolute atomic E-state index is 0.0630. The predicted molar refractivity (Wildman–Crippen MR) is 47.5 cm³/mol. The highest BCUT2D eigenvalue weighted by Crippen LogP contribution is 2.15. The normalized spacial score (nSPS) is 13.2. The average Bonchev–Trinajstić information content (AvgIpc) is 2.03. The summed E-state index contributed by atoms with van der Waals surface area (Å²) in [5, 5.41) is 9.53. The third kappa shape index (κ3) is 2.06. The van der Waals surface area contributed by atoms with Crippen LogP contribution in [0.4, 0.5) is 0 Å². The molecule has 0 amide bonds. The molecule has 0 saturated heterocycles. The van der Waals surface area contributed by atoms with Gasteiger partial charge in [0.25, 0.3) is 5.56 Å². The molecule has 5 nitrogen and oxygen atoms in total. The van der Waals surface area contributed by atoms with Crippen molar-refractivity contribution >= 4 is 0 Å². The maximum atomic E-state index is 11.2. The SMILES string of the molecule is CC(C)C(O)c1c[nH]c(=O)[nH]c1=O. The van der Waals surface area contributed by atoms with Crippen molar-refractivity contribution in [1.82, 2.24) is 9.97 Å². The molecular weight excluding hydrogens is 172 g/mol. The van der Waals surface area contributed by atoms with Crippen molar-refractivity contribution in [3.05, 3.63) is 32.6 Å². The fourth-order valence-corrected chi connectivity index (χ4v) is 0.999. The van der Waals surface area contributed by atoms with Crippen LogP contribution < -0.4 is 11.2 Å². The Hall–Kier alpha value is -1.36. The lowest BCUT2D eigenvalue weighted by atomic mass is 10.0. The standard InChI is InChI=1S/C8H12N2O3/c1-4(2)6(11)5-3-9-8(13)10-7(5)12/h3-4,6,11H,1-2H3,(H2,9,10,12,13). The molecule has 0 aromatic carbocycles. The average molecular weight is 184 g/mol. The van der Waals surface area contributed by atoms with Gasteiger partial charge in [-0.3, -0.25) is 9.78 Å². The van der Waals surface area contributed by atoms with Crippen LogP contribution in [-0.4, -0.2) is 15.1 Å². The number of nitrogens with one attached hydrogen (secondary N) is 2. The van der Waals surface area contributed by atoms with Gasteiger partial charge in [0.15, 0.2) is 0 Å². The Bertz CT molecular complexity index is 391. The fourth-order valence-electron chi connectivity index (χ4n) is 0.999. The van der Waals surface area contributed by atoms with Gasteiger partial charge in [-0.1, -0.05) is 13.8 Å². The van der Waals surface area contributed by atoms with Gasteiger partial charge in [0.2, 0.25) is 0 Å². The summed E-state index contributed by atoms with van der Waals surface area (Å²) in [5.41, 5.74) is -0.913. The Morgan fingerprint density at radius 2 is 2.00 bits per heavy atom.